The number of aryl methyl sites for hydroxylation is 1. The molecule has 6 heteroatoms. The van der Waals surface area contributed by atoms with Gasteiger partial charge in [0.1, 0.15) is 12.4 Å². The molecular weight excluding hydrogens is 360 g/mol. The van der Waals surface area contributed by atoms with Crippen LogP contribution in [0, 0.1) is 18.3 Å². The first-order valence-electron chi connectivity index (χ1n) is 10.8. The molecule has 1 heterocycles. The molecule has 3 rings (SSSR count). The zero-order valence-electron chi connectivity index (χ0n) is 18.6. The Morgan fingerprint density at radius 1 is 1.17 bits per heavy atom. The van der Waals surface area contributed by atoms with Crippen LogP contribution in [0.25, 0.3) is 0 Å². The quantitative estimate of drug-likeness (QED) is 0.520. The molecule has 1 atom stereocenters. The minimum atomic E-state index is 0.172. The van der Waals surface area contributed by atoms with E-state index in [9.17, 15) is 0 Å². The maximum Gasteiger partial charge on any atom is 0.192 e. The number of aliphatic imine (C=N–C) groups is 1. The first-order chi connectivity index (χ1) is 13.9. The molecule has 0 bridgehead atoms. The van der Waals surface area contributed by atoms with E-state index >= 15 is 0 Å². The molecule has 1 aromatic carbocycles. The van der Waals surface area contributed by atoms with Gasteiger partial charge in [-0.05, 0) is 50.0 Å². The summed E-state index contributed by atoms with van der Waals surface area (Å²) in [5.41, 5.74) is 1.66. The smallest absolute Gasteiger partial charge is 0.192 e. The van der Waals surface area contributed by atoms with Crippen LogP contribution in [0.4, 0.5) is 0 Å². The summed E-state index contributed by atoms with van der Waals surface area (Å²) in [4.78, 5) is 4.85. The van der Waals surface area contributed by atoms with E-state index in [1.165, 1.54) is 31.2 Å². The number of hydrogen-bond donors (Lipinski definition) is 2. The summed E-state index contributed by atoms with van der Waals surface area (Å²) < 4.78 is 1.99. The van der Waals surface area contributed by atoms with Crippen molar-refractivity contribution in [3.63, 3.8) is 0 Å². The van der Waals surface area contributed by atoms with Crippen molar-refractivity contribution in [2.45, 2.75) is 66.0 Å². The van der Waals surface area contributed by atoms with Gasteiger partial charge in [-0.2, -0.15) is 0 Å². The Labute approximate surface area is 175 Å². The summed E-state index contributed by atoms with van der Waals surface area (Å²) in [6.07, 6.45) is 5.22. The Hall–Kier alpha value is -2.37. The molecule has 1 unspecified atom stereocenters. The van der Waals surface area contributed by atoms with Crippen LogP contribution in [0.1, 0.15) is 69.7 Å². The van der Waals surface area contributed by atoms with Gasteiger partial charge in [0.15, 0.2) is 11.8 Å². The van der Waals surface area contributed by atoms with E-state index in [-0.39, 0.29) is 6.04 Å². The van der Waals surface area contributed by atoms with Gasteiger partial charge < -0.3 is 15.2 Å². The van der Waals surface area contributed by atoms with Gasteiger partial charge in [-0.1, -0.05) is 50.6 Å². The number of rotatable bonds is 8. The number of benzene rings is 1. The topological polar surface area (TPSA) is 67.1 Å². The molecule has 0 saturated heterocycles. The lowest BCUT2D eigenvalue weighted by Gasteiger charge is -2.43. The summed E-state index contributed by atoms with van der Waals surface area (Å²) >= 11 is 0. The Balaban J connectivity index is 1.71. The number of hydrogen-bond acceptors (Lipinski definition) is 3. The molecule has 29 heavy (non-hydrogen) atoms. The zero-order valence-corrected chi connectivity index (χ0v) is 18.6. The maximum absolute atomic E-state index is 4.85. The van der Waals surface area contributed by atoms with Crippen LogP contribution in [0.3, 0.4) is 0 Å². The fourth-order valence-electron chi connectivity index (χ4n) is 4.19. The summed E-state index contributed by atoms with van der Waals surface area (Å²) in [6.45, 7) is 10.2. The first kappa shape index (κ1) is 21.3. The summed E-state index contributed by atoms with van der Waals surface area (Å²) in [5.74, 6) is 3.34. The third kappa shape index (κ3) is 5.58. The zero-order chi connectivity index (χ0) is 20.9. The molecule has 0 amide bonds. The molecule has 1 aliphatic carbocycles. The van der Waals surface area contributed by atoms with Gasteiger partial charge in [-0.15, -0.1) is 10.2 Å². The van der Waals surface area contributed by atoms with E-state index in [0.29, 0.717) is 12.0 Å². The van der Waals surface area contributed by atoms with Crippen molar-refractivity contribution in [2.75, 3.05) is 6.54 Å². The average molecular weight is 397 g/mol. The molecule has 1 aliphatic rings. The van der Waals surface area contributed by atoms with Gasteiger partial charge in [0.2, 0.25) is 0 Å². The van der Waals surface area contributed by atoms with Gasteiger partial charge >= 0.3 is 0 Å². The van der Waals surface area contributed by atoms with Gasteiger partial charge in [0, 0.05) is 13.6 Å². The second-order valence-corrected chi connectivity index (χ2v) is 8.97. The van der Waals surface area contributed by atoms with Crippen LogP contribution in [-0.4, -0.2) is 27.3 Å². The van der Waals surface area contributed by atoms with Crippen LogP contribution in [0.5, 0.6) is 0 Å². The van der Waals surface area contributed by atoms with E-state index in [1.54, 1.807) is 0 Å². The van der Waals surface area contributed by atoms with Crippen molar-refractivity contribution >= 4 is 5.96 Å². The molecule has 2 aromatic rings. The highest BCUT2D eigenvalue weighted by Crippen LogP contribution is 2.45. The molecule has 0 spiro atoms. The minimum absolute atomic E-state index is 0.172. The lowest BCUT2D eigenvalue weighted by molar-refractivity contribution is 0.104. The van der Waals surface area contributed by atoms with Gasteiger partial charge in [0.05, 0.1) is 6.04 Å². The Morgan fingerprint density at radius 2 is 1.90 bits per heavy atom. The minimum Gasteiger partial charge on any atom is -0.356 e. The van der Waals surface area contributed by atoms with Crippen molar-refractivity contribution in [1.29, 1.82) is 0 Å². The van der Waals surface area contributed by atoms with E-state index in [0.717, 1.165) is 30.1 Å². The maximum atomic E-state index is 4.85. The second kappa shape index (κ2) is 9.42. The number of nitrogens with one attached hydrogen (secondary N) is 2. The van der Waals surface area contributed by atoms with Gasteiger partial charge in [0.25, 0.3) is 0 Å². The van der Waals surface area contributed by atoms with Crippen LogP contribution in [-0.2, 0) is 13.6 Å². The van der Waals surface area contributed by atoms with E-state index in [4.69, 9.17) is 4.99 Å². The van der Waals surface area contributed by atoms with Crippen molar-refractivity contribution < 1.29 is 0 Å². The second-order valence-electron chi connectivity index (χ2n) is 8.97. The van der Waals surface area contributed by atoms with Crippen LogP contribution >= 0.6 is 0 Å². The fourth-order valence-corrected chi connectivity index (χ4v) is 4.19. The van der Waals surface area contributed by atoms with E-state index in [2.05, 4.69) is 65.9 Å². The first-order valence-corrected chi connectivity index (χ1v) is 10.8. The predicted molar refractivity (Wildman–Crippen MR) is 119 cm³/mol. The van der Waals surface area contributed by atoms with E-state index < -0.39 is 0 Å². The van der Waals surface area contributed by atoms with E-state index in [1.807, 2.05) is 24.6 Å². The molecular formula is C23H36N6. The molecule has 1 saturated carbocycles. The van der Waals surface area contributed by atoms with Crippen molar-refractivity contribution in [1.82, 2.24) is 25.4 Å². The van der Waals surface area contributed by atoms with Crippen LogP contribution in [0.2, 0.25) is 0 Å². The third-order valence-corrected chi connectivity index (χ3v) is 6.10. The average Bonchev–Trinajstić information content (AvgIpc) is 3.00. The van der Waals surface area contributed by atoms with Crippen molar-refractivity contribution in [2.24, 2.45) is 23.4 Å². The highest BCUT2D eigenvalue weighted by Gasteiger charge is 2.37. The lowest BCUT2D eigenvalue weighted by Crippen LogP contribution is -2.47. The molecule has 158 valence electrons. The van der Waals surface area contributed by atoms with Crippen molar-refractivity contribution in [3.8, 4) is 0 Å². The Morgan fingerprint density at radius 3 is 2.45 bits per heavy atom. The third-order valence-electron chi connectivity index (χ3n) is 6.10. The standard InChI is InChI=1S/C23H36N6/c1-17(2)14-23(12-9-13-23)16-25-22(24-15-21-28-27-19(4)29(21)5)26-18(3)20-10-7-6-8-11-20/h6-8,10-11,17-18H,9,12-16H2,1-5H3,(H2,24,25,26). The molecule has 6 nitrogen and oxygen atoms in total. The highest BCUT2D eigenvalue weighted by atomic mass is 15.3. The predicted octanol–water partition coefficient (Wildman–Crippen LogP) is 4.14. The Kier molecular flexibility index (Phi) is 6.93. The van der Waals surface area contributed by atoms with Crippen LogP contribution < -0.4 is 10.6 Å². The van der Waals surface area contributed by atoms with Gasteiger partial charge in [-0.25, -0.2) is 4.99 Å². The molecule has 2 N–H and O–H groups in total. The molecule has 0 aliphatic heterocycles. The van der Waals surface area contributed by atoms with Gasteiger partial charge in [-0.3, -0.25) is 0 Å². The summed E-state index contributed by atoms with van der Waals surface area (Å²) in [6, 6.07) is 10.7. The Bertz CT molecular complexity index is 804. The number of aromatic nitrogens is 3. The normalized spacial score (nSPS) is 17.1. The number of guanidine groups is 1. The molecule has 1 aromatic heterocycles. The van der Waals surface area contributed by atoms with Crippen LogP contribution in [0.15, 0.2) is 35.3 Å². The molecule has 1 fully saturated rings. The summed E-state index contributed by atoms with van der Waals surface area (Å²) in [5, 5.41) is 15.6. The lowest BCUT2D eigenvalue weighted by atomic mass is 9.64. The summed E-state index contributed by atoms with van der Waals surface area (Å²) in [7, 11) is 1.99. The fraction of sp³-hybridized carbons (Fsp3) is 0.609. The molecule has 0 radical (unpaired) electrons. The SMILES string of the molecule is Cc1nnc(CN=C(NCC2(CC(C)C)CCC2)NC(C)c2ccccc2)n1C. The van der Waals surface area contributed by atoms with Crippen molar-refractivity contribution in [3.05, 3.63) is 47.5 Å². The highest BCUT2D eigenvalue weighted by molar-refractivity contribution is 5.80. The monoisotopic (exact) mass is 396 g/mol. The number of nitrogens with zero attached hydrogens (tertiary/aromatic N) is 4. The largest absolute Gasteiger partial charge is 0.356 e.